The maximum atomic E-state index is 14.3. The molecule has 1 N–H and O–H groups in total. The SMILES string of the molecule is CC[Si](CC)(CC)OC(C1CCC(NS(=O)(=O)c2ccccc2)CC1)(C(F)(F)F)C(F)(F)F. The van der Waals surface area contributed by atoms with Gasteiger partial charge in [-0.1, -0.05) is 39.0 Å². The molecule has 0 aromatic heterocycles. The van der Waals surface area contributed by atoms with Gasteiger partial charge in [0.1, 0.15) is 0 Å². The van der Waals surface area contributed by atoms with Crippen LogP contribution in [-0.2, 0) is 14.4 Å². The Balaban J connectivity index is 2.32. The van der Waals surface area contributed by atoms with Crippen LogP contribution in [0.5, 0.6) is 0 Å². The molecule has 0 atom stereocenters. The first kappa shape index (κ1) is 28.1. The number of halogens is 6. The van der Waals surface area contributed by atoms with E-state index in [1.165, 1.54) is 24.3 Å². The molecular formula is C21H31F6NO3SSi. The summed E-state index contributed by atoms with van der Waals surface area (Å²) >= 11 is 0. The molecule has 1 aromatic rings. The Morgan fingerprint density at radius 1 is 0.879 bits per heavy atom. The van der Waals surface area contributed by atoms with E-state index in [1.807, 2.05) is 0 Å². The van der Waals surface area contributed by atoms with Gasteiger partial charge in [0.2, 0.25) is 10.0 Å². The van der Waals surface area contributed by atoms with Gasteiger partial charge in [0.15, 0.2) is 8.32 Å². The molecule has 0 radical (unpaired) electrons. The summed E-state index contributed by atoms with van der Waals surface area (Å²) in [5.41, 5.74) is -4.25. The number of benzene rings is 1. The number of rotatable bonds is 9. The molecule has 4 nitrogen and oxygen atoms in total. The first-order valence-corrected chi connectivity index (χ1v) is 15.1. The predicted molar refractivity (Wildman–Crippen MR) is 116 cm³/mol. The summed E-state index contributed by atoms with van der Waals surface area (Å²) in [6.45, 7) is 4.73. The molecule has 0 unspecified atom stereocenters. The molecular weight excluding hydrogens is 488 g/mol. The largest absolute Gasteiger partial charge is 0.425 e. The van der Waals surface area contributed by atoms with E-state index in [-0.39, 0.29) is 35.9 Å². The molecule has 2 rings (SSSR count). The van der Waals surface area contributed by atoms with E-state index in [0.29, 0.717) is 0 Å². The van der Waals surface area contributed by atoms with Gasteiger partial charge in [-0.3, -0.25) is 0 Å². The lowest BCUT2D eigenvalue weighted by atomic mass is 9.74. The molecule has 0 spiro atoms. The van der Waals surface area contributed by atoms with E-state index in [1.54, 1.807) is 26.8 Å². The molecule has 0 saturated heterocycles. The molecule has 1 fully saturated rings. The van der Waals surface area contributed by atoms with Gasteiger partial charge in [-0.25, -0.2) is 13.1 Å². The van der Waals surface area contributed by atoms with Crippen LogP contribution < -0.4 is 4.72 Å². The second-order valence-electron chi connectivity index (χ2n) is 8.56. The highest BCUT2D eigenvalue weighted by Gasteiger charge is 2.76. The van der Waals surface area contributed by atoms with Crippen molar-refractivity contribution >= 4 is 18.3 Å². The molecule has 0 heterocycles. The molecule has 0 bridgehead atoms. The van der Waals surface area contributed by atoms with Crippen molar-refractivity contribution in [3.05, 3.63) is 30.3 Å². The van der Waals surface area contributed by atoms with Crippen molar-refractivity contribution < 1.29 is 39.2 Å². The van der Waals surface area contributed by atoms with Gasteiger partial charge in [0.05, 0.1) is 4.90 Å². The van der Waals surface area contributed by atoms with Crippen LogP contribution >= 0.6 is 0 Å². The van der Waals surface area contributed by atoms with Crippen molar-refractivity contribution in [3.8, 4) is 0 Å². The average Bonchev–Trinajstić information content (AvgIpc) is 2.75. The minimum atomic E-state index is -5.65. The lowest BCUT2D eigenvalue weighted by Crippen LogP contribution is -2.68. The Kier molecular flexibility index (Phi) is 8.73. The van der Waals surface area contributed by atoms with Crippen LogP contribution in [0.15, 0.2) is 35.2 Å². The van der Waals surface area contributed by atoms with Gasteiger partial charge >= 0.3 is 12.4 Å². The molecule has 190 valence electrons. The quantitative estimate of drug-likeness (QED) is 0.303. The Hall–Kier alpha value is -1.11. The average molecular weight is 520 g/mol. The van der Waals surface area contributed by atoms with Crippen LogP contribution in [0.4, 0.5) is 26.3 Å². The van der Waals surface area contributed by atoms with Gasteiger partial charge in [0, 0.05) is 12.0 Å². The van der Waals surface area contributed by atoms with Crippen LogP contribution in [0, 0.1) is 5.92 Å². The summed E-state index contributed by atoms with van der Waals surface area (Å²) in [5.74, 6) is -1.84. The van der Waals surface area contributed by atoms with Crippen molar-refractivity contribution in [2.24, 2.45) is 5.92 Å². The second kappa shape index (κ2) is 10.2. The first-order valence-electron chi connectivity index (χ1n) is 11.1. The fourth-order valence-electron chi connectivity index (χ4n) is 4.64. The monoisotopic (exact) mass is 519 g/mol. The summed E-state index contributed by atoms with van der Waals surface area (Å²) in [6.07, 6.45) is -12.5. The highest BCUT2D eigenvalue weighted by Crippen LogP contribution is 2.56. The Bertz CT molecular complexity index is 842. The van der Waals surface area contributed by atoms with Crippen molar-refractivity contribution in [2.75, 3.05) is 0 Å². The van der Waals surface area contributed by atoms with Crippen LogP contribution in [0.25, 0.3) is 0 Å². The Morgan fingerprint density at radius 3 is 1.73 bits per heavy atom. The maximum absolute atomic E-state index is 14.3. The molecule has 0 aliphatic heterocycles. The van der Waals surface area contributed by atoms with E-state index in [9.17, 15) is 34.8 Å². The summed E-state index contributed by atoms with van der Waals surface area (Å²) < 4.78 is 118. The zero-order valence-electron chi connectivity index (χ0n) is 18.9. The van der Waals surface area contributed by atoms with Gasteiger partial charge < -0.3 is 4.43 Å². The molecule has 1 saturated carbocycles. The normalized spacial score (nSPS) is 21.2. The summed E-state index contributed by atoms with van der Waals surface area (Å²) in [5, 5.41) is 0. The third-order valence-corrected chi connectivity index (χ3v) is 13.0. The minimum Gasteiger partial charge on any atom is -0.396 e. The molecule has 0 amide bonds. The fraction of sp³-hybridized carbons (Fsp3) is 0.714. The minimum absolute atomic E-state index is 0.0139. The zero-order valence-corrected chi connectivity index (χ0v) is 20.7. The molecule has 12 heteroatoms. The fourth-order valence-corrected chi connectivity index (χ4v) is 8.98. The van der Waals surface area contributed by atoms with Crippen molar-refractivity contribution in [2.45, 2.75) is 93.5 Å². The standard InChI is InChI=1S/C21H31F6NO3SSi/c1-4-33(5-2,6-3)31-19(20(22,23)24,21(25,26)27)16-12-14-17(15-13-16)28-32(29,30)18-10-8-7-9-11-18/h7-11,16-17,28H,4-6,12-15H2,1-3H3. The topological polar surface area (TPSA) is 55.4 Å². The van der Waals surface area contributed by atoms with Gasteiger partial charge in [-0.05, 0) is 55.9 Å². The summed E-state index contributed by atoms with van der Waals surface area (Å²) in [7, 11) is -7.24. The summed E-state index contributed by atoms with van der Waals surface area (Å²) in [6, 6.07) is 7.07. The smallest absolute Gasteiger partial charge is 0.396 e. The number of alkyl halides is 6. The van der Waals surface area contributed by atoms with E-state index in [2.05, 4.69) is 4.72 Å². The van der Waals surface area contributed by atoms with Crippen LogP contribution in [-0.4, -0.2) is 40.7 Å². The number of nitrogens with one attached hydrogen (secondary N) is 1. The Morgan fingerprint density at radius 2 is 1.33 bits per heavy atom. The predicted octanol–water partition coefficient (Wildman–Crippen LogP) is 6.41. The van der Waals surface area contributed by atoms with Crippen LogP contribution in [0.1, 0.15) is 46.5 Å². The van der Waals surface area contributed by atoms with E-state index >= 15 is 0 Å². The first-order chi connectivity index (χ1) is 15.2. The number of hydrogen-bond acceptors (Lipinski definition) is 3. The highest BCUT2D eigenvalue weighted by atomic mass is 32.2. The van der Waals surface area contributed by atoms with E-state index in [4.69, 9.17) is 4.43 Å². The lowest BCUT2D eigenvalue weighted by Gasteiger charge is -2.49. The Labute approximate surface area is 192 Å². The second-order valence-corrected chi connectivity index (χ2v) is 15.0. The van der Waals surface area contributed by atoms with Gasteiger partial charge in [0.25, 0.3) is 5.60 Å². The number of sulfonamides is 1. The van der Waals surface area contributed by atoms with Gasteiger partial charge in [-0.2, -0.15) is 26.3 Å². The van der Waals surface area contributed by atoms with Crippen molar-refractivity contribution in [1.29, 1.82) is 0 Å². The van der Waals surface area contributed by atoms with E-state index < -0.39 is 61.1 Å². The van der Waals surface area contributed by atoms with Crippen LogP contribution in [0.3, 0.4) is 0 Å². The zero-order chi connectivity index (χ0) is 25.1. The molecule has 33 heavy (non-hydrogen) atoms. The number of hydrogen-bond donors (Lipinski definition) is 1. The maximum Gasteiger partial charge on any atom is 0.425 e. The van der Waals surface area contributed by atoms with Crippen molar-refractivity contribution in [1.82, 2.24) is 4.72 Å². The van der Waals surface area contributed by atoms with Crippen LogP contribution in [0.2, 0.25) is 18.1 Å². The molecule has 1 aliphatic carbocycles. The van der Waals surface area contributed by atoms with Gasteiger partial charge in [-0.15, -0.1) is 0 Å². The lowest BCUT2D eigenvalue weighted by molar-refractivity contribution is -0.380. The third-order valence-electron chi connectivity index (χ3n) is 6.83. The molecule has 1 aromatic carbocycles. The van der Waals surface area contributed by atoms with Crippen molar-refractivity contribution in [3.63, 3.8) is 0 Å². The highest BCUT2D eigenvalue weighted by molar-refractivity contribution is 7.89. The van der Waals surface area contributed by atoms with E-state index in [0.717, 1.165) is 0 Å². The third kappa shape index (κ3) is 5.76. The molecule has 1 aliphatic rings. The summed E-state index contributed by atoms with van der Waals surface area (Å²) in [4.78, 5) is -0.0139.